The number of imide groups is 1. The van der Waals surface area contributed by atoms with Gasteiger partial charge in [0.25, 0.3) is 5.91 Å². The number of carbonyl (C=O) groups is 2. The van der Waals surface area contributed by atoms with Crippen LogP contribution in [0.5, 0.6) is 11.5 Å². The van der Waals surface area contributed by atoms with Crippen molar-refractivity contribution in [1.82, 2.24) is 10.2 Å². The number of hydrogen-bond donors (Lipinski definition) is 1. The molecule has 35 heavy (non-hydrogen) atoms. The third kappa shape index (κ3) is 5.29. The first-order valence-electron chi connectivity index (χ1n) is 10.8. The van der Waals surface area contributed by atoms with Crippen molar-refractivity contribution in [2.75, 3.05) is 7.11 Å². The first kappa shape index (κ1) is 23.9. The maximum absolute atomic E-state index is 12.9. The number of amides is 3. The highest BCUT2D eigenvalue weighted by Crippen LogP contribution is 2.38. The molecule has 1 aliphatic heterocycles. The van der Waals surface area contributed by atoms with Crippen LogP contribution in [0.4, 0.5) is 4.79 Å². The number of nitriles is 1. The number of hydrogen-bond acceptors (Lipinski definition) is 5. The third-order valence-electron chi connectivity index (χ3n) is 5.50. The molecule has 1 fully saturated rings. The molecule has 3 amide bonds. The van der Waals surface area contributed by atoms with E-state index in [0.717, 1.165) is 16.0 Å². The molecule has 0 radical (unpaired) electrons. The second-order valence-corrected chi connectivity index (χ2v) is 8.36. The molecule has 4 rings (SSSR count). The number of halogens is 1. The average Bonchev–Trinajstić information content (AvgIpc) is 3.11. The zero-order valence-corrected chi connectivity index (χ0v) is 19.9. The minimum absolute atomic E-state index is 0.128. The zero-order chi connectivity index (χ0) is 24.9. The Morgan fingerprint density at radius 1 is 1.11 bits per heavy atom. The Hall–Kier alpha value is -4.28. The van der Waals surface area contributed by atoms with Crippen molar-refractivity contribution in [3.05, 3.63) is 99.2 Å². The summed E-state index contributed by atoms with van der Waals surface area (Å²) >= 11 is 6.47. The predicted octanol–water partition coefficient (Wildman–Crippen LogP) is 5.20. The molecule has 0 atom stereocenters. The lowest BCUT2D eigenvalue weighted by Gasteiger charge is -2.14. The van der Waals surface area contributed by atoms with Crippen molar-refractivity contribution in [3.8, 4) is 17.6 Å². The molecule has 3 aromatic carbocycles. The Morgan fingerprint density at radius 2 is 1.86 bits per heavy atom. The highest BCUT2D eigenvalue weighted by atomic mass is 35.5. The molecule has 1 N–H and O–H groups in total. The fourth-order valence-corrected chi connectivity index (χ4v) is 3.90. The standard InChI is InChI=1S/C27H22ClN3O4/c1-17-7-9-18(10-8-17)15-31-26(32)23(30-27(31)33)12-19-11-22(28)25(24(13-19)34-2)35-16-21-6-4-3-5-20(21)14-29/h3-13H,15-16H2,1-2H3,(H,30,33)/b23-12+. The first-order chi connectivity index (χ1) is 16.9. The van der Waals surface area contributed by atoms with Crippen LogP contribution in [0.15, 0.2) is 66.4 Å². The Balaban J connectivity index is 1.54. The van der Waals surface area contributed by atoms with Crippen LogP contribution in [0.1, 0.15) is 27.8 Å². The Labute approximate surface area is 208 Å². The van der Waals surface area contributed by atoms with Crippen molar-refractivity contribution in [2.24, 2.45) is 0 Å². The monoisotopic (exact) mass is 487 g/mol. The lowest BCUT2D eigenvalue weighted by Crippen LogP contribution is -2.30. The normalized spacial score (nSPS) is 14.1. The SMILES string of the molecule is COc1cc(/C=C2/NC(=O)N(Cc3ccc(C)cc3)C2=O)cc(Cl)c1OCc1ccccc1C#N. The number of nitrogens with one attached hydrogen (secondary N) is 1. The van der Waals surface area contributed by atoms with Crippen molar-refractivity contribution in [3.63, 3.8) is 0 Å². The summed E-state index contributed by atoms with van der Waals surface area (Å²) in [4.78, 5) is 26.5. The van der Waals surface area contributed by atoms with Crippen molar-refractivity contribution < 1.29 is 19.1 Å². The number of aryl methyl sites for hydroxylation is 1. The molecule has 0 saturated carbocycles. The molecular weight excluding hydrogens is 466 g/mol. The zero-order valence-electron chi connectivity index (χ0n) is 19.2. The molecule has 0 spiro atoms. The maximum atomic E-state index is 12.9. The van der Waals surface area contributed by atoms with Crippen LogP contribution in [0, 0.1) is 18.3 Å². The predicted molar refractivity (Wildman–Crippen MR) is 132 cm³/mol. The number of urea groups is 1. The van der Waals surface area contributed by atoms with Gasteiger partial charge in [0, 0.05) is 5.56 Å². The molecule has 1 saturated heterocycles. The highest BCUT2D eigenvalue weighted by molar-refractivity contribution is 6.32. The molecule has 0 aromatic heterocycles. The van der Waals surface area contributed by atoms with Crippen LogP contribution in [0.3, 0.4) is 0 Å². The number of benzene rings is 3. The van der Waals surface area contributed by atoms with E-state index in [9.17, 15) is 14.9 Å². The molecule has 7 nitrogen and oxygen atoms in total. The summed E-state index contributed by atoms with van der Waals surface area (Å²) < 4.78 is 11.3. The topological polar surface area (TPSA) is 91.7 Å². The lowest BCUT2D eigenvalue weighted by atomic mass is 10.1. The van der Waals surface area contributed by atoms with E-state index in [1.165, 1.54) is 7.11 Å². The largest absolute Gasteiger partial charge is 0.493 e. The summed E-state index contributed by atoms with van der Waals surface area (Å²) in [6, 6.07) is 19.7. The smallest absolute Gasteiger partial charge is 0.329 e. The van der Waals surface area contributed by atoms with Gasteiger partial charge in [0.2, 0.25) is 0 Å². The molecular formula is C27H22ClN3O4. The van der Waals surface area contributed by atoms with E-state index in [-0.39, 0.29) is 23.9 Å². The minimum Gasteiger partial charge on any atom is -0.493 e. The number of nitrogens with zero attached hydrogens (tertiary/aromatic N) is 2. The molecule has 1 heterocycles. The molecule has 0 unspecified atom stereocenters. The Kier molecular flexibility index (Phi) is 7.04. The van der Waals surface area contributed by atoms with Crippen LogP contribution in [-0.4, -0.2) is 23.9 Å². The van der Waals surface area contributed by atoms with E-state index in [2.05, 4.69) is 11.4 Å². The molecule has 8 heteroatoms. The van der Waals surface area contributed by atoms with Gasteiger partial charge < -0.3 is 14.8 Å². The Bertz CT molecular complexity index is 1360. The van der Waals surface area contributed by atoms with Gasteiger partial charge in [-0.2, -0.15) is 5.26 Å². The summed E-state index contributed by atoms with van der Waals surface area (Å²) in [5, 5.41) is 12.2. The average molecular weight is 488 g/mol. The fourth-order valence-electron chi connectivity index (χ4n) is 3.63. The van der Waals surface area contributed by atoms with Gasteiger partial charge in [-0.1, -0.05) is 59.6 Å². The van der Waals surface area contributed by atoms with E-state index in [4.69, 9.17) is 21.1 Å². The molecule has 0 bridgehead atoms. The van der Waals surface area contributed by atoms with Gasteiger partial charge in [-0.3, -0.25) is 9.69 Å². The molecule has 0 aliphatic carbocycles. The quantitative estimate of drug-likeness (QED) is 0.365. The molecule has 1 aliphatic rings. The lowest BCUT2D eigenvalue weighted by molar-refractivity contribution is -0.123. The van der Waals surface area contributed by atoms with E-state index in [0.29, 0.717) is 28.2 Å². The maximum Gasteiger partial charge on any atom is 0.329 e. The van der Waals surface area contributed by atoms with Gasteiger partial charge in [-0.05, 0) is 42.3 Å². The van der Waals surface area contributed by atoms with E-state index >= 15 is 0 Å². The first-order valence-corrected chi connectivity index (χ1v) is 11.2. The van der Waals surface area contributed by atoms with Crippen LogP contribution in [0.2, 0.25) is 5.02 Å². The molecule has 3 aromatic rings. The van der Waals surface area contributed by atoms with Crippen molar-refractivity contribution in [2.45, 2.75) is 20.1 Å². The van der Waals surface area contributed by atoms with Crippen LogP contribution in [0.25, 0.3) is 6.08 Å². The minimum atomic E-state index is -0.490. The van der Waals surface area contributed by atoms with Gasteiger partial charge in [0.15, 0.2) is 11.5 Å². The second kappa shape index (κ2) is 10.3. The van der Waals surface area contributed by atoms with Crippen LogP contribution in [-0.2, 0) is 17.9 Å². The van der Waals surface area contributed by atoms with Gasteiger partial charge in [-0.25, -0.2) is 4.79 Å². The number of methoxy groups -OCH3 is 1. The third-order valence-corrected chi connectivity index (χ3v) is 5.78. The fraction of sp³-hybridized carbons (Fsp3) is 0.148. The number of carbonyl (C=O) groups excluding carboxylic acids is 2. The summed E-state index contributed by atoms with van der Waals surface area (Å²) in [6.45, 7) is 2.27. The Morgan fingerprint density at radius 3 is 2.57 bits per heavy atom. The summed E-state index contributed by atoms with van der Waals surface area (Å²) in [5.41, 5.74) is 3.86. The highest BCUT2D eigenvalue weighted by Gasteiger charge is 2.33. The summed E-state index contributed by atoms with van der Waals surface area (Å²) in [7, 11) is 1.48. The van der Waals surface area contributed by atoms with Gasteiger partial charge in [0.05, 0.1) is 30.3 Å². The van der Waals surface area contributed by atoms with E-state index < -0.39 is 11.9 Å². The summed E-state index contributed by atoms with van der Waals surface area (Å²) in [6.07, 6.45) is 1.54. The van der Waals surface area contributed by atoms with Crippen LogP contribution >= 0.6 is 11.6 Å². The van der Waals surface area contributed by atoms with E-state index in [1.54, 1.807) is 36.4 Å². The number of ether oxygens (including phenoxy) is 2. The van der Waals surface area contributed by atoms with Gasteiger partial charge in [0.1, 0.15) is 12.3 Å². The second-order valence-electron chi connectivity index (χ2n) is 7.96. The van der Waals surface area contributed by atoms with Crippen molar-refractivity contribution >= 4 is 29.6 Å². The number of rotatable bonds is 7. The van der Waals surface area contributed by atoms with Gasteiger partial charge in [-0.15, -0.1) is 0 Å². The van der Waals surface area contributed by atoms with Crippen LogP contribution < -0.4 is 14.8 Å². The summed E-state index contributed by atoms with van der Waals surface area (Å²) in [5.74, 6) is 0.234. The van der Waals surface area contributed by atoms with Gasteiger partial charge >= 0.3 is 6.03 Å². The van der Waals surface area contributed by atoms with E-state index in [1.807, 2.05) is 37.3 Å². The van der Waals surface area contributed by atoms with Crippen molar-refractivity contribution in [1.29, 1.82) is 5.26 Å². The molecule has 176 valence electrons.